The molecule has 1 aliphatic carbocycles. The first-order valence-corrected chi connectivity index (χ1v) is 8.11. The number of esters is 1. The van der Waals surface area contributed by atoms with E-state index in [0.717, 1.165) is 44.9 Å². The average molecular weight is 278 g/mol. The van der Waals surface area contributed by atoms with Crippen LogP contribution in [-0.4, -0.2) is 12.6 Å². The number of unbranched alkanes of at least 4 members (excludes halogenated alkanes) is 2. The van der Waals surface area contributed by atoms with Gasteiger partial charge in [0, 0.05) is 0 Å². The molecule has 114 valence electrons. The van der Waals surface area contributed by atoms with Crippen LogP contribution >= 0.6 is 0 Å². The van der Waals surface area contributed by atoms with E-state index in [0.29, 0.717) is 6.61 Å². The number of carbonyl (C=O) groups excluding carboxylic acids is 1. The average Bonchev–Trinajstić information content (AvgIpc) is 2.44. The third kappa shape index (κ3) is 6.93. The van der Waals surface area contributed by atoms with Crippen LogP contribution in [0.3, 0.4) is 0 Å². The summed E-state index contributed by atoms with van der Waals surface area (Å²) in [6.45, 7) is 7.03. The van der Waals surface area contributed by atoms with Crippen molar-refractivity contribution in [2.75, 3.05) is 6.61 Å². The van der Waals surface area contributed by atoms with Crippen LogP contribution in [0.4, 0.5) is 0 Å². The molecule has 0 amide bonds. The van der Waals surface area contributed by atoms with E-state index in [4.69, 9.17) is 4.74 Å². The van der Waals surface area contributed by atoms with Crippen molar-refractivity contribution < 1.29 is 9.53 Å². The maximum absolute atomic E-state index is 11.9. The molecule has 2 nitrogen and oxygen atoms in total. The molecule has 2 heteroatoms. The van der Waals surface area contributed by atoms with Gasteiger partial charge in [0.25, 0.3) is 0 Å². The minimum atomic E-state index is 0.0145. The molecule has 0 fully saturated rings. The summed E-state index contributed by atoms with van der Waals surface area (Å²) >= 11 is 0. The number of ether oxygens (including phenoxy) is 1. The molecule has 0 aromatic carbocycles. The highest BCUT2D eigenvalue weighted by Crippen LogP contribution is 2.27. The molecule has 0 radical (unpaired) electrons. The summed E-state index contributed by atoms with van der Waals surface area (Å²) in [6.07, 6.45) is 13.0. The normalized spacial score (nSPS) is 18.4. The van der Waals surface area contributed by atoms with E-state index in [1.807, 2.05) is 0 Å². The Labute approximate surface area is 124 Å². The van der Waals surface area contributed by atoms with Crippen LogP contribution in [0.2, 0.25) is 0 Å². The molecule has 0 saturated carbocycles. The zero-order chi connectivity index (χ0) is 14.8. The lowest BCUT2D eigenvalue weighted by Gasteiger charge is -2.20. The first-order valence-electron chi connectivity index (χ1n) is 8.11. The van der Waals surface area contributed by atoms with Crippen molar-refractivity contribution >= 4 is 5.97 Å². The van der Waals surface area contributed by atoms with Crippen molar-refractivity contribution in [2.45, 2.75) is 72.1 Å². The van der Waals surface area contributed by atoms with E-state index in [-0.39, 0.29) is 11.9 Å². The molecule has 1 atom stereocenters. The second-order valence-corrected chi connectivity index (χ2v) is 6.03. The van der Waals surface area contributed by atoms with Gasteiger partial charge in [-0.25, -0.2) is 0 Å². The molecule has 0 spiro atoms. The summed E-state index contributed by atoms with van der Waals surface area (Å²) in [7, 11) is 0. The lowest BCUT2D eigenvalue weighted by molar-refractivity contribution is -0.148. The third-order valence-electron chi connectivity index (χ3n) is 3.85. The predicted molar refractivity (Wildman–Crippen MR) is 84.6 cm³/mol. The Balaban J connectivity index is 2.24. The van der Waals surface area contributed by atoms with E-state index in [1.54, 1.807) is 0 Å². The Morgan fingerprint density at radius 3 is 2.80 bits per heavy atom. The summed E-state index contributed by atoms with van der Waals surface area (Å²) in [6, 6.07) is 0. The van der Waals surface area contributed by atoms with E-state index in [2.05, 4.69) is 32.9 Å². The third-order valence-corrected chi connectivity index (χ3v) is 3.85. The standard InChI is InChI=1S/C18H30O2/c1-4-5-6-14-20-18(19)17-12-10-16(11-13-17)9-7-8-15(2)3/h8,10,17H,4-7,9,11-14H2,1-3H3. The topological polar surface area (TPSA) is 26.3 Å². The Hall–Kier alpha value is -1.05. The number of rotatable bonds is 8. The molecule has 0 aromatic rings. The van der Waals surface area contributed by atoms with Crippen LogP contribution in [0.5, 0.6) is 0 Å². The molecule has 20 heavy (non-hydrogen) atoms. The van der Waals surface area contributed by atoms with E-state index >= 15 is 0 Å². The Bertz CT molecular complexity index is 348. The SMILES string of the molecule is CCCCCOC(=O)C1CC=C(CCC=C(C)C)CC1. The fourth-order valence-corrected chi connectivity index (χ4v) is 2.52. The minimum absolute atomic E-state index is 0.0145. The Kier molecular flexibility index (Phi) is 8.32. The van der Waals surface area contributed by atoms with Gasteiger partial charge in [0.1, 0.15) is 0 Å². The van der Waals surface area contributed by atoms with Gasteiger partial charge in [-0.1, -0.05) is 43.1 Å². The molecule has 0 aromatic heterocycles. The molecule has 0 aliphatic heterocycles. The second kappa shape index (κ2) is 9.79. The smallest absolute Gasteiger partial charge is 0.309 e. The van der Waals surface area contributed by atoms with Gasteiger partial charge in [0.05, 0.1) is 12.5 Å². The van der Waals surface area contributed by atoms with Crippen molar-refractivity contribution in [3.05, 3.63) is 23.3 Å². The monoisotopic (exact) mass is 278 g/mol. The van der Waals surface area contributed by atoms with Gasteiger partial charge < -0.3 is 4.74 Å². The van der Waals surface area contributed by atoms with Gasteiger partial charge in [-0.3, -0.25) is 4.79 Å². The largest absolute Gasteiger partial charge is 0.465 e. The fraction of sp³-hybridized carbons (Fsp3) is 0.722. The molecule has 0 heterocycles. The maximum Gasteiger partial charge on any atom is 0.309 e. The molecule has 0 bridgehead atoms. The van der Waals surface area contributed by atoms with Gasteiger partial charge in [0.2, 0.25) is 0 Å². The Morgan fingerprint density at radius 2 is 2.20 bits per heavy atom. The minimum Gasteiger partial charge on any atom is -0.465 e. The number of carbonyl (C=O) groups is 1. The fourth-order valence-electron chi connectivity index (χ4n) is 2.52. The van der Waals surface area contributed by atoms with Gasteiger partial charge in [-0.05, 0) is 52.4 Å². The van der Waals surface area contributed by atoms with Gasteiger partial charge in [-0.15, -0.1) is 0 Å². The molecular weight excluding hydrogens is 248 g/mol. The number of hydrogen-bond donors (Lipinski definition) is 0. The van der Waals surface area contributed by atoms with Crippen molar-refractivity contribution in [1.29, 1.82) is 0 Å². The predicted octanol–water partition coefficient (Wildman–Crippen LogP) is 5.19. The van der Waals surface area contributed by atoms with E-state index < -0.39 is 0 Å². The first-order chi connectivity index (χ1) is 9.63. The second-order valence-electron chi connectivity index (χ2n) is 6.03. The molecule has 1 aliphatic rings. The van der Waals surface area contributed by atoms with Crippen LogP contribution in [0.25, 0.3) is 0 Å². The molecule has 1 rings (SSSR count). The van der Waals surface area contributed by atoms with Crippen LogP contribution < -0.4 is 0 Å². The van der Waals surface area contributed by atoms with Gasteiger partial charge in [0.15, 0.2) is 0 Å². The lowest BCUT2D eigenvalue weighted by Crippen LogP contribution is -2.20. The summed E-state index contributed by atoms with van der Waals surface area (Å²) in [5.41, 5.74) is 2.90. The summed E-state index contributed by atoms with van der Waals surface area (Å²) in [5.74, 6) is 0.115. The highest BCUT2D eigenvalue weighted by Gasteiger charge is 2.22. The van der Waals surface area contributed by atoms with Crippen LogP contribution in [-0.2, 0) is 9.53 Å². The highest BCUT2D eigenvalue weighted by atomic mass is 16.5. The molecule has 1 unspecified atom stereocenters. The summed E-state index contributed by atoms with van der Waals surface area (Å²) in [4.78, 5) is 11.9. The van der Waals surface area contributed by atoms with Crippen molar-refractivity contribution in [3.8, 4) is 0 Å². The van der Waals surface area contributed by atoms with Crippen molar-refractivity contribution in [3.63, 3.8) is 0 Å². The van der Waals surface area contributed by atoms with Gasteiger partial charge in [-0.2, -0.15) is 0 Å². The molecule has 0 N–H and O–H groups in total. The van der Waals surface area contributed by atoms with Crippen LogP contribution in [0, 0.1) is 5.92 Å². The highest BCUT2D eigenvalue weighted by molar-refractivity contribution is 5.72. The zero-order valence-corrected chi connectivity index (χ0v) is 13.4. The maximum atomic E-state index is 11.9. The zero-order valence-electron chi connectivity index (χ0n) is 13.4. The molecule has 0 saturated heterocycles. The summed E-state index contributed by atoms with van der Waals surface area (Å²) in [5, 5.41) is 0. The number of allylic oxidation sites excluding steroid dienone is 4. The number of hydrogen-bond acceptors (Lipinski definition) is 2. The van der Waals surface area contributed by atoms with Crippen LogP contribution in [0.15, 0.2) is 23.3 Å². The van der Waals surface area contributed by atoms with E-state index in [9.17, 15) is 4.79 Å². The first kappa shape index (κ1) is 17.0. The molecular formula is C18H30O2. The summed E-state index contributed by atoms with van der Waals surface area (Å²) < 4.78 is 5.35. The van der Waals surface area contributed by atoms with Crippen molar-refractivity contribution in [1.82, 2.24) is 0 Å². The van der Waals surface area contributed by atoms with E-state index in [1.165, 1.54) is 17.6 Å². The van der Waals surface area contributed by atoms with Gasteiger partial charge >= 0.3 is 5.97 Å². The lowest BCUT2D eigenvalue weighted by atomic mass is 9.88. The quantitative estimate of drug-likeness (QED) is 0.347. The Morgan fingerprint density at radius 1 is 1.40 bits per heavy atom. The van der Waals surface area contributed by atoms with Crippen molar-refractivity contribution in [2.24, 2.45) is 5.92 Å². The van der Waals surface area contributed by atoms with Crippen LogP contribution in [0.1, 0.15) is 72.1 Å².